The number of hydrogen-bond donors (Lipinski definition) is 0. The van der Waals surface area contributed by atoms with Crippen LogP contribution in [0.15, 0.2) is 24.3 Å². The number of benzene rings is 1. The number of fused-ring (bicyclic) bond motifs is 1. The van der Waals surface area contributed by atoms with Gasteiger partial charge in [0, 0.05) is 0 Å². The van der Waals surface area contributed by atoms with E-state index in [9.17, 15) is 0 Å². The first kappa shape index (κ1) is 7.66. The van der Waals surface area contributed by atoms with Crippen molar-refractivity contribution in [1.29, 1.82) is 0 Å². The van der Waals surface area contributed by atoms with Crippen molar-refractivity contribution in [1.82, 2.24) is 0 Å². The smallest absolute Gasteiger partial charge is 0.136 e. The van der Waals surface area contributed by atoms with Gasteiger partial charge in [-0.15, -0.1) is 0 Å². The SMILES string of the molecule is CC1(C)C[CH]Oc2ccccc21. The third-order valence-electron chi connectivity index (χ3n) is 2.42. The maximum atomic E-state index is 5.43. The van der Waals surface area contributed by atoms with Gasteiger partial charge in [0.05, 0.1) is 0 Å². The van der Waals surface area contributed by atoms with Crippen LogP contribution in [0.4, 0.5) is 0 Å². The van der Waals surface area contributed by atoms with Crippen LogP contribution >= 0.6 is 0 Å². The molecule has 1 radical (unpaired) electrons. The van der Waals surface area contributed by atoms with Crippen molar-refractivity contribution in [3.05, 3.63) is 36.4 Å². The maximum absolute atomic E-state index is 5.43. The third-order valence-corrected chi connectivity index (χ3v) is 2.42. The monoisotopic (exact) mass is 161 g/mol. The molecular formula is C11H13O. The highest BCUT2D eigenvalue weighted by molar-refractivity contribution is 5.41. The average molecular weight is 161 g/mol. The Hall–Kier alpha value is -0.980. The molecule has 1 nitrogen and oxygen atoms in total. The third kappa shape index (κ3) is 1.09. The molecule has 0 saturated heterocycles. The number of para-hydroxylation sites is 1. The maximum Gasteiger partial charge on any atom is 0.136 e. The normalized spacial score (nSPS) is 19.5. The molecule has 0 aliphatic carbocycles. The van der Waals surface area contributed by atoms with E-state index in [2.05, 4.69) is 26.0 Å². The van der Waals surface area contributed by atoms with Gasteiger partial charge in [0.1, 0.15) is 12.4 Å². The minimum absolute atomic E-state index is 0.231. The highest BCUT2D eigenvalue weighted by Crippen LogP contribution is 2.38. The summed E-state index contributed by atoms with van der Waals surface area (Å²) < 4.78 is 5.43. The Kier molecular flexibility index (Phi) is 1.60. The van der Waals surface area contributed by atoms with Crippen molar-refractivity contribution in [2.75, 3.05) is 0 Å². The second kappa shape index (κ2) is 2.51. The lowest BCUT2D eigenvalue weighted by molar-refractivity contribution is 0.301. The molecule has 1 heteroatoms. The van der Waals surface area contributed by atoms with Crippen molar-refractivity contribution >= 4 is 0 Å². The van der Waals surface area contributed by atoms with Crippen LogP contribution in [-0.4, -0.2) is 0 Å². The van der Waals surface area contributed by atoms with Gasteiger partial charge >= 0.3 is 0 Å². The van der Waals surface area contributed by atoms with Crippen molar-refractivity contribution in [3.63, 3.8) is 0 Å². The van der Waals surface area contributed by atoms with E-state index in [0.717, 1.165) is 12.2 Å². The predicted molar refractivity (Wildman–Crippen MR) is 49.0 cm³/mol. The number of rotatable bonds is 0. The minimum Gasteiger partial charge on any atom is -0.486 e. The van der Waals surface area contributed by atoms with Crippen LogP contribution in [0.25, 0.3) is 0 Å². The van der Waals surface area contributed by atoms with Crippen LogP contribution in [0.5, 0.6) is 5.75 Å². The topological polar surface area (TPSA) is 9.23 Å². The molecule has 0 amide bonds. The first-order chi connectivity index (χ1) is 5.70. The zero-order valence-electron chi connectivity index (χ0n) is 7.50. The molecule has 0 unspecified atom stereocenters. The lowest BCUT2D eigenvalue weighted by Gasteiger charge is -2.31. The highest BCUT2D eigenvalue weighted by Gasteiger charge is 2.28. The molecular weight excluding hydrogens is 148 g/mol. The summed E-state index contributed by atoms with van der Waals surface area (Å²) >= 11 is 0. The van der Waals surface area contributed by atoms with E-state index >= 15 is 0 Å². The highest BCUT2D eigenvalue weighted by atomic mass is 16.5. The molecule has 12 heavy (non-hydrogen) atoms. The Labute approximate surface area is 73.4 Å². The molecule has 1 heterocycles. The van der Waals surface area contributed by atoms with Gasteiger partial charge in [-0.25, -0.2) is 0 Å². The fraction of sp³-hybridized carbons (Fsp3) is 0.364. The fourth-order valence-corrected chi connectivity index (χ4v) is 1.58. The number of ether oxygens (including phenoxy) is 1. The lowest BCUT2D eigenvalue weighted by Crippen LogP contribution is -2.23. The zero-order valence-corrected chi connectivity index (χ0v) is 7.50. The first-order valence-corrected chi connectivity index (χ1v) is 4.28. The first-order valence-electron chi connectivity index (χ1n) is 4.28. The van der Waals surface area contributed by atoms with Crippen molar-refractivity contribution < 1.29 is 4.74 Å². The summed E-state index contributed by atoms with van der Waals surface area (Å²) in [7, 11) is 0. The number of hydrogen-bond acceptors (Lipinski definition) is 1. The van der Waals surface area contributed by atoms with Gasteiger partial charge in [0.25, 0.3) is 0 Å². The predicted octanol–water partition coefficient (Wildman–Crippen LogP) is 2.91. The van der Waals surface area contributed by atoms with E-state index in [-0.39, 0.29) is 5.41 Å². The largest absolute Gasteiger partial charge is 0.486 e. The summed E-state index contributed by atoms with van der Waals surface area (Å²) in [6, 6.07) is 8.23. The van der Waals surface area contributed by atoms with Crippen LogP contribution in [-0.2, 0) is 5.41 Å². The molecule has 0 atom stereocenters. The van der Waals surface area contributed by atoms with Gasteiger partial charge in [-0.2, -0.15) is 0 Å². The van der Waals surface area contributed by atoms with Gasteiger partial charge in [-0.1, -0.05) is 32.0 Å². The lowest BCUT2D eigenvalue weighted by atomic mass is 9.80. The minimum atomic E-state index is 0.231. The quantitative estimate of drug-likeness (QED) is 0.568. The average Bonchev–Trinajstić information content (AvgIpc) is 2.04. The van der Waals surface area contributed by atoms with Crippen LogP contribution in [0.2, 0.25) is 0 Å². The van der Waals surface area contributed by atoms with E-state index < -0.39 is 0 Å². The molecule has 63 valence electrons. The van der Waals surface area contributed by atoms with Crippen LogP contribution in [0, 0.1) is 6.61 Å². The van der Waals surface area contributed by atoms with Crippen molar-refractivity contribution in [3.8, 4) is 5.75 Å². The molecule has 1 aromatic carbocycles. The summed E-state index contributed by atoms with van der Waals surface area (Å²) in [4.78, 5) is 0. The van der Waals surface area contributed by atoms with E-state index in [0.29, 0.717) is 0 Å². The molecule has 1 aliphatic heterocycles. The molecule has 1 aliphatic rings. The summed E-state index contributed by atoms with van der Waals surface area (Å²) in [5.41, 5.74) is 1.54. The summed E-state index contributed by atoms with van der Waals surface area (Å²) in [5.74, 6) is 1.01. The molecule has 0 bridgehead atoms. The molecule has 1 aromatic rings. The van der Waals surface area contributed by atoms with Gasteiger partial charge in [0.2, 0.25) is 0 Å². The summed E-state index contributed by atoms with van der Waals surface area (Å²) in [6.07, 6.45) is 0.990. The molecule has 0 N–H and O–H groups in total. The van der Waals surface area contributed by atoms with Crippen LogP contribution in [0.3, 0.4) is 0 Å². The Balaban J connectivity index is 2.52. The van der Waals surface area contributed by atoms with Gasteiger partial charge in [-0.05, 0) is 23.5 Å². The second-order valence-electron chi connectivity index (χ2n) is 3.87. The van der Waals surface area contributed by atoms with Crippen molar-refractivity contribution in [2.24, 2.45) is 0 Å². The Bertz CT molecular complexity index is 289. The van der Waals surface area contributed by atoms with Crippen LogP contribution < -0.4 is 4.74 Å². The molecule has 0 fully saturated rings. The van der Waals surface area contributed by atoms with E-state index in [1.54, 1.807) is 0 Å². The van der Waals surface area contributed by atoms with Gasteiger partial charge < -0.3 is 4.74 Å². The fourth-order valence-electron chi connectivity index (χ4n) is 1.58. The Morgan fingerprint density at radius 3 is 2.75 bits per heavy atom. The Morgan fingerprint density at radius 2 is 2.00 bits per heavy atom. The standard InChI is InChI=1S/C11H13O/c1-11(2)7-8-12-10-6-4-3-5-9(10)11/h3-6,8H,7H2,1-2H3. The molecule has 0 aromatic heterocycles. The van der Waals surface area contributed by atoms with Gasteiger partial charge in [0.15, 0.2) is 0 Å². The second-order valence-corrected chi connectivity index (χ2v) is 3.87. The Morgan fingerprint density at radius 1 is 1.25 bits per heavy atom. The zero-order chi connectivity index (χ0) is 8.60. The van der Waals surface area contributed by atoms with Gasteiger partial charge in [-0.3, -0.25) is 0 Å². The van der Waals surface area contributed by atoms with E-state index in [1.165, 1.54) is 5.56 Å². The molecule has 0 spiro atoms. The van der Waals surface area contributed by atoms with Crippen molar-refractivity contribution in [2.45, 2.75) is 25.7 Å². The summed E-state index contributed by atoms with van der Waals surface area (Å²) in [5, 5.41) is 0. The van der Waals surface area contributed by atoms with E-state index in [1.807, 2.05) is 18.7 Å². The molecule has 2 rings (SSSR count). The molecule has 0 saturated carbocycles. The van der Waals surface area contributed by atoms with Crippen LogP contribution in [0.1, 0.15) is 25.8 Å². The summed E-state index contributed by atoms with van der Waals surface area (Å²) in [6.45, 7) is 6.37. The van der Waals surface area contributed by atoms with E-state index in [4.69, 9.17) is 4.74 Å².